The summed E-state index contributed by atoms with van der Waals surface area (Å²) in [5.74, 6) is -0.283. The highest BCUT2D eigenvalue weighted by Crippen LogP contribution is 2.09. The van der Waals surface area contributed by atoms with Crippen LogP contribution in [0.3, 0.4) is 0 Å². The lowest BCUT2D eigenvalue weighted by atomic mass is 10.1. The number of hydrogen-bond donors (Lipinski definition) is 2. The van der Waals surface area contributed by atoms with Crippen LogP contribution in [0.15, 0.2) is 73.1 Å². The Kier molecular flexibility index (Phi) is 6.36. The normalized spacial score (nSPS) is 10.8. The SMILES string of the molecule is CNC(=O)c1ccc(/C=C/C(=O)NCCc2ccc(-n3cccn3)cc2)cc1. The highest BCUT2D eigenvalue weighted by Gasteiger charge is 2.02. The summed E-state index contributed by atoms with van der Waals surface area (Å²) in [4.78, 5) is 23.5. The molecular weight excluding hydrogens is 352 g/mol. The lowest BCUT2D eigenvalue weighted by molar-refractivity contribution is -0.116. The highest BCUT2D eigenvalue weighted by molar-refractivity contribution is 5.94. The Morgan fingerprint density at radius 3 is 2.46 bits per heavy atom. The van der Waals surface area contributed by atoms with Gasteiger partial charge in [-0.05, 0) is 54.0 Å². The molecule has 0 saturated heterocycles. The minimum Gasteiger partial charge on any atom is -0.355 e. The maximum Gasteiger partial charge on any atom is 0.251 e. The first kappa shape index (κ1) is 19.1. The molecule has 2 N–H and O–H groups in total. The van der Waals surface area contributed by atoms with E-state index in [1.54, 1.807) is 48.3 Å². The van der Waals surface area contributed by atoms with Crippen LogP contribution in [0, 0.1) is 0 Å². The average Bonchev–Trinajstić information content (AvgIpc) is 3.27. The molecule has 1 aromatic heterocycles. The molecule has 0 saturated carbocycles. The van der Waals surface area contributed by atoms with Gasteiger partial charge in [-0.25, -0.2) is 4.68 Å². The lowest BCUT2D eigenvalue weighted by Gasteiger charge is -2.05. The van der Waals surface area contributed by atoms with Crippen molar-refractivity contribution in [2.75, 3.05) is 13.6 Å². The summed E-state index contributed by atoms with van der Waals surface area (Å²) >= 11 is 0. The van der Waals surface area contributed by atoms with Crippen molar-refractivity contribution in [3.05, 3.63) is 89.8 Å². The van der Waals surface area contributed by atoms with Crippen LogP contribution in [0.5, 0.6) is 0 Å². The van der Waals surface area contributed by atoms with Gasteiger partial charge in [-0.1, -0.05) is 24.3 Å². The van der Waals surface area contributed by atoms with E-state index in [9.17, 15) is 9.59 Å². The molecule has 0 aliphatic carbocycles. The molecule has 2 aromatic carbocycles. The summed E-state index contributed by atoms with van der Waals surface area (Å²) in [6.45, 7) is 0.555. The molecule has 0 aliphatic heterocycles. The smallest absolute Gasteiger partial charge is 0.251 e. The molecule has 0 spiro atoms. The maximum atomic E-state index is 12.0. The number of carbonyl (C=O) groups is 2. The Balaban J connectivity index is 1.45. The van der Waals surface area contributed by atoms with E-state index < -0.39 is 0 Å². The summed E-state index contributed by atoms with van der Waals surface area (Å²) in [7, 11) is 1.59. The summed E-state index contributed by atoms with van der Waals surface area (Å²) < 4.78 is 1.80. The quantitative estimate of drug-likeness (QED) is 0.624. The number of carbonyl (C=O) groups excluding carboxylic acids is 2. The van der Waals surface area contributed by atoms with Crippen LogP contribution in [-0.2, 0) is 11.2 Å². The molecule has 1 heterocycles. The van der Waals surface area contributed by atoms with E-state index in [1.165, 1.54) is 6.08 Å². The summed E-state index contributed by atoms with van der Waals surface area (Å²) in [5, 5.41) is 9.64. The van der Waals surface area contributed by atoms with Crippen LogP contribution in [0.2, 0.25) is 0 Å². The molecule has 3 rings (SSSR count). The molecule has 6 heteroatoms. The third-order valence-electron chi connectivity index (χ3n) is 4.25. The first-order chi connectivity index (χ1) is 13.7. The fourth-order valence-corrected chi connectivity index (χ4v) is 2.69. The Morgan fingerprint density at radius 1 is 1.07 bits per heavy atom. The van der Waals surface area contributed by atoms with Gasteiger partial charge in [0, 0.05) is 37.6 Å². The minimum absolute atomic E-state index is 0.133. The van der Waals surface area contributed by atoms with E-state index in [2.05, 4.69) is 15.7 Å². The predicted octanol–water partition coefficient (Wildman–Crippen LogP) is 2.60. The monoisotopic (exact) mass is 374 g/mol. The van der Waals surface area contributed by atoms with Crippen LogP contribution < -0.4 is 10.6 Å². The number of nitrogens with one attached hydrogen (secondary N) is 2. The number of benzene rings is 2. The van der Waals surface area contributed by atoms with E-state index in [0.29, 0.717) is 12.1 Å². The van der Waals surface area contributed by atoms with Crippen LogP contribution in [0.1, 0.15) is 21.5 Å². The highest BCUT2D eigenvalue weighted by atomic mass is 16.2. The molecule has 6 nitrogen and oxygen atoms in total. The summed E-state index contributed by atoms with van der Waals surface area (Å²) in [5.41, 5.74) is 3.59. The molecule has 0 bridgehead atoms. The molecule has 0 radical (unpaired) electrons. The Labute approximate surface area is 163 Å². The number of aromatic nitrogens is 2. The molecule has 28 heavy (non-hydrogen) atoms. The first-order valence-corrected chi connectivity index (χ1v) is 9.03. The van der Waals surface area contributed by atoms with Crippen molar-refractivity contribution >= 4 is 17.9 Å². The number of nitrogens with zero attached hydrogens (tertiary/aromatic N) is 2. The van der Waals surface area contributed by atoms with E-state index in [4.69, 9.17) is 0 Å². The Morgan fingerprint density at radius 2 is 1.82 bits per heavy atom. The molecule has 0 fully saturated rings. The number of hydrogen-bond acceptors (Lipinski definition) is 3. The van der Waals surface area contributed by atoms with E-state index >= 15 is 0 Å². The topological polar surface area (TPSA) is 76.0 Å². The van der Waals surface area contributed by atoms with Gasteiger partial charge in [0.15, 0.2) is 0 Å². The van der Waals surface area contributed by atoms with Gasteiger partial charge in [-0.3, -0.25) is 9.59 Å². The van der Waals surface area contributed by atoms with Gasteiger partial charge >= 0.3 is 0 Å². The van der Waals surface area contributed by atoms with Gasteiger partial charge in [-0.2, -0.15) is 5.10 Å². The zero-order chi connectivity index (χ0) is 19.8. The first-order valence-electron chi connectivity index (χ1n) is 9.03. The van der Waals surface area contributed by atoms with Crippen molar-refractivity contribution in [2.24, 2.45) is 0 Å². The van der Waals surface area contributed by atoms with Gasteiger partial charge in [0.05, 0.1) is 5.69 Å². The zero-order valence-corrected chi connectivity index (χ0v) is 15.6. The summed E-state index contributed by atoms with van der Waals surface area (Å²) in [6.07, 6.45) is 7.61. The standard InChI is InChI=1S/C22H22N4O2/c1-23-22(28)19-8-3-17(4-9-19)7-12-21(27)24-15-13-18-5-10-20(11-6-18)26-16-2-14-25-26/h2-12,14,16H,13,15H2,1H3,(H,23,28)(H,24,27)/b12-7+. The van der Waals surface area contributed by atoms with Gasteiger partial charge in [0.25, 0.3) is 5.91 Å². The van der Waals surface area contributed by atoms with E-state index in [-0.39, 0.29) is 11.8 Å². The van der Waals surface area contributed by atoms with Crippen molar-refractivity contribution in [3.63, 3.8) is 0 Å². The lowest BCUT2D eigenvalue weighted by Crippen LogP contribution is -2.23. The van der Waals surface area contributed by atoms with Gasteiger partial charge in [0.2, 0.25) is 5.91 Å². The molecule has 0 unspecified atom stereocenters. The molecule has 142 valence electrons. The maximum absolute atomic E-state index is 12.0. The van der Waals surface area contributed by atoms with Crippen LogP contribution >= 0.6 is 0 Å². The van der Waals surface area contributed by atoms with Crippen molar-refractivity contribution in [2.45, 2.75) is 6.42 Å². The summed E-state index contributed by atoms with van der Waals surface area (Å²) in [6, 6.07) is 17.0. The second-order valence-corrected chi connectivity index (χ2v) is 6.19. The molecule has 0 atom stereocenters. The molecular formula is C22H22N4O2. The van der Waals surface area contributed by atoms with Crippen molar-refractivity contribution in [1.29, 1.82) is 0 Å². The Bertz CT molecular complexity index is 943. The largest absolute Gasteiger partial charge is 0.355 e. The van der Waals surface area contributed by atoms with Crippen molar-refractivity contribution in [1.82, 2.24) is 20.4 Å². The third kappa shape index (κ3) is 5.17. The van der Waals surface area contributed by atoms with Crippen molar-refractivity contribution in [3.8, 4) is 5.69 Å². The van der Waals surface area contributed by atoms with Gasteiger partial charge in [0.1, 0.15) is 0 Å². The minimum atomic E-state index is -0.150. The zero-order valence-electron chi connectivity index (χ0n) is 15.6. The van der Waals surface area contributed by atoms with E-state index in [1.807, 2.05) is 36.5 Å². The third-order valence-corrected chi connectivity index (χ3v) is 4.25. The van der Waals surface area contributed by atoms with Crippen LogP contribution in [0.4, 0.5) is 0 Å². The van der Waals surface area contributed by atoms with Crippen LogP contribution in [0.25, 0.3) is 11.8 Å². The van der Waals surface area contributed by atoms with Gasteiger partial charge in [-0.15, -0.1) is 0 Å². The Hall–Kier alpha value is -3.67. The predicted molar refractivity (Wildman–Crippen MR) is 109 cm³/mol. The second kappa shape index (κ2) is 9.32. The fourth-order valence-electron chi connectivity index (χ4n) is 2.69. The van der Waals surface area contributed by atoms with E-state index in [0.717, 1.165) is 23.2 Å². The van der Waals surface area contributed by atoms with Gasteiger partial charge < -0.3 is 10.6 Å². The molecule has 0 aliphatic rings. The van der Waals surface area contributed by atoms with Crippen molar-refractivity contribution < 1.29 is 9.59 Å². The molecule has 3 aromatic rings. The van der Waals surface area contributed by atoms with Crippen LogP contribution in [-0.4, -0.2) is 35.2 Å². The second-order valence-electron chi connectivity index (χ2n) is 6.19. The fraction of sp³-hybridized carbons (Fsp3) is 0.136. The molecule has 2 amide bonds. The average molecular weight is 374 g/mol. The number of amides is 2. The number of rotatable bonds is 7.